The van der Waals surface area contributed by atoms with E-state index in [9.17, 15) is 23.5 Å². The minimum atomic E-state index is -3.02. The summed E-state index contributed by atoms with van der Waals surface area (Å²) in [7, 11) is 0. The zero-order chi connectivity index (χ0) is 15.6. The number of amides is 1. The first-order valence-corrected chi connectivity index (χ1v) is 6.15. The third kappa shape index (κ3) is 3.46. The van der Waals surface area contributed by atoms with Crippen molar-refractivity contribution in [3.05, 3.63) is 29.8 Å². The summed E-state index contributed by atoms with van der Waals surface area (Å²) in [5, 5.41) is 18.5. The molecule has 114 valence electrons. The minimum absolute atomic E-state index is 0.0218. The Morgan fingerprint density at radius 2 is 2.10 bits per heavy atom. The van der Waals surface area contributed by atoms with Crippen LogP contribution < -0.4 is 4.74 Å². The molecule has 0 bridgehead atoms. The number of carbonyl (C=O) groups is 2. The highest BCUT2D eigenvalue weighted by atomic mass is 19.3. The number of carbonyl (C=O) groups excluding carboxylic acids is 1. The third-order valence-corrected chi connectivity index (χ3v) is 3.13. The van der Waals surface area contributed by atoms with Gasteiger partial charge in [-0.3, -0.25) is 4.79 Å². The van der Waals surface area contributed by atoms with Crippen molar-refractivity contribution < 1.29 is 33.3 Å². The summed E-state index contributed by atoms with van der Waals surface area (Å²) in [6.45, 7) is -3.13. The van der Waals surface area contributed by atoms with Crippen LogP contribution in [0.2, 0.25) is 0 Å². The largest absolute Gasteiger partial charge is 0.480 e. The van der Waals surface area contributed by atoms with Crippen molar-refractivity contribution in [1.29, 1.82) is 0 Å². The summed E-state index contributed by atoms with van der Waals surface area (Å²) in [6, 6.07) is 3.96. The summed E-state index contributed by atoms with van der Waals surface area (Å²) >= 11 is 0. The molecule has 2 atom stereocenters. The van der Waals surface area contributed by atoms with Gasteiger partial charge in [-0.15, -0.1) is 0 Å². The Labute approximate surface area is 118 Å². The van der Waals surface area contributed by atoms with Crippen LogP contribution in [-0.4, -0.2) is 52.3 Å². The van der Waals surface area contributed by atoms with Crippen molar-refractivity contribution in [2.24, 2.45) is 0 Å². The van der Waals surface area contributed by atoms with Crippen LogP contribution in [0.3, 0.4) is 0 Å². The third-order valence-electron chi connectivity index (χ3n) is 3.13. The Kier molecular flexibility index (Phi) is 4.37. The van der Waals surface area contributed by atoms with E-state index in [0.29, 0.717) is 0 Å². The van der Waals surface area contributed by atoms with E-state index >= 15 is 0 Å². The lowest BCUT2D eigenvalue weighted by molar-refractivity contribution is -0.141. The Balaban J connectivity index is 2.21. The predicted octanol–water partition coefficient (Wildman–Crippen LogP) is 0.948. The fraction of sp³-hybridized carbons (Fsp3) is 0.385. The number of rotatable bonds is 4. The minimum Gasteiger partial charge on any atom is -0.480 e. The quantitative estimate of drug-likeness (QED) is 0.864. The topological polar surface area (TPSA) is 87.1 Å². The van der Waals surface area contributed by atoms with Gasteiger partial charge in [0.1, 0.15) is 11.8 Å². The molecule has 1 aromatic rings. The number of alkyl halides is 2. The maximum Gasteiger partial charge on any atom is 0.387 e. The Bertz CT molecular complexity index is 551. The molecule has 1 saturated heterocycles. The lowest BCUT2D eigenvalue weighted by Crippen LogP contribution is -2.40. The van der Waals surface area contributed by atoms with Crippen LogP contribution >= 0.6 is 0 Å². The number of ether oxygens (including phenoxy) is 1. The zero-order valence-electron chi connectivity index (χ0n) is 10.8. The number of carboxylic acid groups (broad SMARTS) is 1. The summed E-state index contributed by atoms with van der Waals surface area (Å²) in [4.78, 5) is 24.3. The van der Waals surface area contributed by atoms with E-state index in [4.69, 9.17) is 5.11 Å². The second-order valence-electron chi connectivity index (χ2n) is 4.61. The molecule has 1 fully saturated rings. The van der Waals surface area contributed by atoms with Gasteiger partial charge in [0.25, 0.3) is 5.91 Å². The van der Waals surface area contributed by atoms with Gasteiger partial charge in [-0.05, 0) is 18.2 Å². The number of hydrogen-bond acceptors (Lipinski definition) is 4. The van der Waals surface area contributed by atoms with Gasteiger partial charge in [-0.2, -0.15) is 8.78 Å². The second kappa shape index (κ2) is 6.04. The van der Waals surface area contributed by atoms with Gasteiger partial charge in [-0.1, -0.05) is 6.07 Å². The Morgan fingerprint density at radius 1 is 1.38 bits per heavy atom. The molecule has 21 heavy (non-hydrogen) atoms. The average molecular weight is 301 g/mol. The van der Waals surface area contributed by atoms with Crippen LogP contribution in [0.1, 0.15) is 16.8 Å². The molecule has 2 N–H and O–H groups in total. The zero-order valence-corrected chi connectivity index (χ0v) is 10.8. The molecule has 0 radical (unpaired) electrons. The second-order valence-corrected chi connectivity index (χ2v) is 4.61. The normalized spacial score (nSPS) is 21.6. The number of aliphatic carboxylic acids is 1. The summed E-state index contributed by atoms with van der Waals surface area (Å²) in [5.41, 5.74) is 0.0218. The van der Waals surface area contributed by atoms with Crippen molar-refractivity contribution in [3.63, 3.8) is 0 Å². The highest BCUT2D eigenvalue weighted by molar-refractivity contribution is 5.97. The van der Waals surface area contributed by atoms with E-state index in [-0.39, 0.29) is 24.3 Å². The van der Waals surface area contributed by atoms with Crippen LogP contribution in [-0.2, 0) is 4.79 Å². The molecule has 1 aliphatic rings. The molecule has 0 spiro atoms. The van der Waals surface area contributed by atoms with Crippen molar-refractivity contribution in [1.82, 2.24) is 4.90 Å². The highest BCUT2D eigenvalue weighted by Crippen LogP contribution is 2.23. The molecule has 6 nitrogen and oxygen atoms in total. The molecular formula is C13H13F2NO5. The molecule has 0 unspecified atom stereocenters. The lowest BCUT2D eigenvalue weighted by Gasteiger charge is -2.21. The molecular weight excluding hydrogens is 288 g/mol. The standard InChI is InChI=1S/C13H13F2NO5/c14-13(15)21-9-3-1-2-7(4-9)11(18)16-6-8(17)5-10(16)12(19)20/h1-4,8,10,13,17H,5-6H2,(H,19,20)/t8-,10-/m1/s1. The maximum absolute atomic E-state index is 12.3. The number of halogens is 2. The number of aliphatic hydroxyl groups is 1. The molecule has 0 aromatic heterocycles. The molecule has 8 heteroatoms. The van der Waals surface area contributed by atoms with Gasteiger partial charge in [0.05, 0.1) is 6.10 Å². The van der Waals surface area contributed by atoms with E-state index < -0.39 is 30.6 Å². The van der Waals surface area contributed by atoms with Crippen molar-refractivity contribution >= 4 is 11.9 Å². The van der Waals surface area contributed by atoms with Crippen LogP contribution in [0.15, 0.2) is 24.3 Å². The smallest absolute Gasteiger partial charge is 0.387 e. The van der Waals surface area contributed by atoms with Gasteiger partial charge >= 0.3 is 12.6 Å². The monoisotopic (exact) mass is 301 g/mol. The van der Waals surface area contributed by atoms with E-state index in [0.717, 1.165) is 11.0 Å². The molecule has 1 aromatic carbocycles. The van der Waals surface area contributed by atoms with E-state index in [1.54, 1.807) is 0 Å². The van der Waals surface area contributed by atoms with Gasteiger partial charge < -0.3 is 19.8 Å². The lowest BCUT2D eigenvalue weighted by atomic mass is 10.1. The molecule has 0 aliphatic carbocycles. The first-order valence-electron chi connectivity index (χ1n) is 6.15. The number of carboxylic acids is 1. The highest BCUT2D eigenvalue weighted by Gasteiger charge is 2.39. The molecule has 0 saturated carbocycles. The number of likely N-dealkylation sites (tertiary alicyclic amines) is 1. The van der Waals surface area contributed by atoms with Gasteiger partial charge in [0.2, 0.25) is 0 Å². The molecule has 1 heterocycles. The molecule has 1 amide bonds. The van der Waals surface area contributed by atoms with E-state index in [1.165, 1.54) is 18.2 Å². The van der Waals surface area contributed by atoms with Crippen LogP contribution in [0, 0.1) is 0 Å². The number of hydrogen-bond donors (Lipinski definition) is 2. The summed E-state index contributed by atoms with van der Waals surface area (Å²) < 4.78 is 28.5. The summed E-state index contributed by atoms with van der Waals surface area (Å²) in [5.74, 6) is -2.07. The predicted molar refractivity (Wildman–Crippen MR) is 66.2 cm³/mol. The number of nitrogens with zero attached hydrogens (tertiary/aromatic N) is 1. The van der Waals surface area contributed by atoms with Crippen molar-refractivity contribution in [2.45, 2.75) is 25.2 Å². The maximum atomic E-state index is 12.3. The van der Waals surface area contributed by atoms with Crippen LogP contribution in [0.4, 0.5) is 8.78 Å². The van der Waals surface area contributed by atoms with E-state index in [2.05, 4.69) is 4.74 Å². The number of β-amino-alcohol motifs (C(OH)–C–C–N with tert-alkyl or cyclic N) is 1. The average Bonchev–Trinajstić information content (AvgIpc) is 2.80. The molecule has 1 aliphatic heterocycles. The molecule has 2 rings (SSSR count). The Hall–Kier alpha value is -2.22. The SMILES string of the molecule is O=C(O)[C@H]1C[C@@H](O)CN1C(=O)c1cccc(OC(F)F)c1. The van der Waals surface area contributed by atoms with Gasteiger partial charge in [-0.25, -0.2) is 4.79 Å². The van der Waals surface area contributed by atoms with Crippen LogP contribution in [0.25, 0.3) is 0 Å². The Morgan fingerprint density at radius 3 is 2.71 bits per heavy atom. The first-order chi connectivity index (χ1) is 9.88. The van der Waals surface area contributed by atoms with Crippen molar-refractivity contribution in [3.8, 4) is 5.75 Å². The summed E-state index contributed by atoms with van der Waals surface area (Å²) in [6.07, 6.45) is -0.982. The number of benzene rings is 1. The van der Waals surface area contributed by atoms with Gasteiger partial charge in [0, 0.05) is 18.5 Å². The fourth-order valence-electron chi connectivity index (χ4n) is 2.24. The van der Waals surface area contributed by atoms with Gasteiger partial charge in [0.15, 0.2) is 0 Å². The fourth-order valence-corrected chi connectivity index (χ4v) is 2.24. The first kappa shape index (κ1) is 15.2. The van der Waals surface area contributed by atoms with Crippen molar-refractivity contribution in [2.75, 3.05) is 6.54 Å². The van der Waals surface area contributed by atoms with E-state index in [1.807, 2.05) is 0 Å². The van der Waals surface area contributed by atoms with Crippen LogP contribution in [0.5, 0.6) is 5.75 Å². The number of aliphatic hydroxyl groups excluding tert-OH is 1.